The topological polar surface area (TPSA) is 18.5 Å². The third kappa shape index (κ3) is 8.89. The van der Waals surface area contributed by atoms with Gasteiger partial charge in [-0.15, -0.1) is 6.58 Å². The molecule has 3 heteroatoms. The summed E-state index contributed by atoms with van der Waals surface area (Å²) in [4.78, 5) is 0. The lowest BCUT2D eigenvalue weighted by Crippen LogP contribution is -2.39. The lowest BCUT2D eigenvalue weighted by atomic mass is 9.86. The molecule has 18 heavy (non-hydrogen) atoms. The molecule has 0 saturated heterocycles. The Balaban J connectivity index is 4.16. The van der Waals surface area contributed by atoms with Gasteiger partial charge in [-0.05, 0) is 35.9 Å². The van der Waals surface area contributed by atoms with Crippen molar-refractivity contribution in [2.45, 2.75) is 54.5 Å². The van der Waals surface area contributed by atoms with E-state index in [1.807, 2.05) is 5.70 Å². The van der Waals surface area contributed by atoms with E-state index in [9.17, 15) is 0 Å². The Kier molecular flexibility index (Phi) is 7.41. The minimum absolute atomic E-state index is 0.355. The van der Waals surface area contributed by atoms with Crippen LogP contribution in [0.4, 0.5) is 0 Å². The zero-order valence-corrected chi connectivity index (χ0v) is 14.4. The monoisotopic (exact) mass is 272 g/mol. The van der Waals surface area contributed by atoms with Gasteiger partial charge in [-0.1, -0.05) is 41.5 Å². The van der Waals surface area contributed by atoms with Crippen molar-refractivity contribution >= 4 is 8.56 Å². The fourth-order valence-electron chi connectivity index (χ4n) is 1.90. The summed E-state index contributed by atoms with van der Waals surface area (Å²) >= 11 is 0. The van der Waals surface area contributed by atoms with Crippen LogP contribution in [0.25, 0.3) is 0 Å². The van der Waals surface area contributed by atoms with Crippen molar-refractivity contribution in [3.8, 4) is 0 Å². The largest absolute Gasteiger partial charge is 0.391 e. The van der Waals surface area contributed by atoms with Crippen LogP contribution < -0.4 is 0 Å². The number of hydrogen-bond acceptors (Lipinski definition) is 2. The molecule has 2 atom stereocenters. The summed E-state index contributed by atoms with van der Waals surface area (Å²) in [6.45, 7) is 20.8. The van der Waals surface area contributed by atoms with Crippen LogP contribution in [-0.2, 0) is 8.85 Å². The molecule has 108 valence electrons. The molecule has 0 amide bonds. The van der Waals surface area contributed by atoms with Crippen LogP contribution >= 0.6 is 0 Å². The van der Waals surface area contributed by atoms with Crippen molar-refractivity contribution in [2.24, 2.45) is 17.3 Å². The highest BCUT2D eigenvalue weighted by Gasteiger charge is 2.29. The molecule has 0 aliphatic carbocycles. The minimum Gasteiger partial charge on any atom is -0.391 e. The van der Waals surface area contributed by atoms with Crippen LogP contribution in [-0.4, -0.2) is 21.8 Å². The summed E-state index contributed by atoms with van der Waals surface area (Å²) in [5, 5.41) is 0. The third-order valence-corrected chi connectivity index (χ3v) is 4.91. The van der Waals surface area contributed by atoms with Crippen LogP contribution in [0, 0.1) is 17.3 Å². The van der Waals surface area contributed by atoms with Gasteiger partial charge < -0.3 is 8.85 Å². The van der Waals surface area contributed by atoms with E-state index in [2.05, 4.69) is 54.7 Å². The molecular formula is C15H32O2Si. The second-order valence-electron chi connectivity index (χ2n) is 7.11. The molecule has 0 aromatic rings. The first-order valence-corrected chi connectivity index (χ1v) is 9.39. The van der Waals surface area contributed by atoms with Gasteiger partial charge in [0.2, 0.25) is 0 Å². The van der Waals surface area contributed by atoms with E-state index in [0.717, 1.165) is 13.2 Å². The molecule has 0 aliphatic heterocycles. The van der Waals surface area contributed by atoms with Gasteiger partial charge in [0.05, 0.1) is 0 Å². The zero-order chi connectivity index (χ0) is 14.4. The molecule has 0 aromatic heterocycles. The van der Waals surface area contributed by atoms with E-state index >= 15 is 0 Å². The normalized spacial score (nSPS) is 17.6. The summed E-state index contributed by atoms with van der Waals surface area (Å²) in [6, 6.07) is 0. The quantitative estimate of drug-likeness (QED) is 0.604. The summed E-state index contributed by atoms with van der Waals surface area (Å²) in [6.07, 6.45) is 1.17. The predicted octanol–water partition coefficient (Wildman–Crippen LogP) is 4.55. The molecule has 0 N–H and O–H groups in total. The van der Waals surface area contributed by atoms with Gasteiger partial charge in [0.15, 0.2) is 0 Å². The number of rotatable bonds is 8. The summed E-state index contributed by atoms with van der Waals surface area (Å²) in [5.41, 5.74) is 2.24. The van der Waals surface area contributed by atoms with E-state index in [1.54, 1.807) is 0 Å². The van der Waals surface area contributed by atoms with Gasteiger partial charge in [-0.2, -0.15) is 0 Å². The van der Waals surface area contributed by atoms with Gasteiger partial charge >= 0.3 is 8.56 Å². The highest BCUT2D eigenvalue weighted by molar-refractivity contribution is 6.71. The van der Waals surface area contributed by atoms with Crippen molar-refractivity contribution in [1.82, 2.24) is 0 Å². The van der Waals surface area contributed by atoms with Gasteiger partial charge in [0.1, 0.15) is 0 Å². The van der Waals surface area contributed by atoms with Crippen molar-refractivity contribution < 1.29 is 8.85 Å². The van der Waals surface area contributed by atoms with Crippen LogP contribution in [0.2, 0.25) is 6.55 Å². The number of hydrogen-bond donors (Lipinski definition) is 0. The Bertz CT molecular complexity index is 245. The van der Waals surface area contributed by atoms with Crippen molar-refractivity contribution in [2.75, 3.05) is 13.2 Å². The average Bonchev–Trinajstić information content (AvgIpc) is 2.21. The third-order valence-electron chi connectivity index (χ3n) is 2.69. The molecular weight excluding hydrogens is 240 g/mol. The molecule has 0 bridgehead atoms. The summed E-state index contributed by atoms with van der Waals surface area (Å²) < 4.78 is 12.0. The second-order valence-corrected chi connectivity index (χ2v) is 10.1. The van der Waals surface area contributed by atoms with E-state index in [-0.39, 0.29) is 0 Å². The van der Waals surface area contributed by atoms with E-state index < -0.39 is 8.56 Å². The van der Waals surface area contributed by atoms with Gasteiger partial charge in [-0.3, -0.25) is 0 Å². The molecule has 0 rings (SSSR count). The van der Waals surface area contributed by atoms with Crippen molar-refractivity contribution in [1.29, 1.82) is 0 Å². The fourth-order valence-corrected chi connectivity index (χ4v) is 3.50. The average molecular weight is 273 g/mol. The highest BCUT2D eigenvalue weighted by atomic mass is 28.4. The van der Waals surface area contributed by atoms with Crippen LogP contribution in [0.5, 0.6) is 0 Å². The Labute approximate surface area is 115 Å². The molecule has 0 heterocycles. The first-order valence-electron chi connectivity index (χ1n) is 6.99. The molecule has 2 nitrogen and oxygen atoms in total. The van der Waals surface area contributed by atoms with Crippen molar-refractivity contribution in [3.63, 3.8) is 0 Å². The maximum Gasteiger partial charge on any atom is 0.361 e. The fraction of sp³-hybridized carbons (Fsp3) is 0.867. The van der Waals surface area contributed by atoms with Crippen LogP contribution in [0.15, 0.2) is 12.3 Å². The second kappa shape index (κ2) is 7.46. The Morgan fingerprint density at radius 1 is 1.11 bits per heavy atom. The molecule has 0 radical (unpaired) electrons. The molecule has 2 unspecified atom stereocenters. The maximum absolute atomic E-state index is 6.04. The molecule has 0 aromatic carbocycles. The van der Waals surface area contributed by atoms with E-state index in [0.29, 0.717) is 17.3 Å². The first kappa shape index (κ1) is 17.9. The summed E-state index contributed by atoms with van der Waals surface area (Å²) in [5.74, 6) is 1.09. The van der Waals surface area contributed by atoms with Crippen LogP contribution in [0.1, 0.15) is 48.0 Å². The molecule has 0 spiro atoms. The van der Waals surface area contributed by atoms with E-state index in [1.165, 1.54) is 6.42 Å². The maximum atomic E-state index is 6.04. The lowest BCUT2D eigenvalue weighted by molar-refractivity contribution is 0.135. The molecule has 0 aliphatic rings. The van der Waals surface area contributed by atoms with Gasteiger partial charge in [-0.25, -0.2) is 0 Å². The van der Waals surface area contributed by atoms with Gasteiger partial charge in [0.25, 0.3) is 0 Å². The first-order chi connectivity index (χ1) is 8.08. The minimum atomic E-state index is -2.16. The van der Waals surface area contributed by atoms with Gasteiger partial charge in [0, 0.05) is 13.2 Å². The van der Waals surface area contributed by atoms with Crippen molar-refractivity contribution in [3.05, 3.63) is 12.3 Å². The standard InChI is InChI=1S/C15H32O2Si/c1-9-18(8,16-11-13(2)3)17-12-14(4)10-15(5,6)7/h9,13-14H,1,10-12H2,2-8H3. The predicted molar refractivity (Wildman–Crippen MR) is 81.8 cm³/mol. The Morgan fingerprint density at radius 3 is 2.00 bits per heavy atom. The smallest absolute Gasteiger partial charge is 0.361 e. The SMILES string of the molecule is C=C[Si](C)(OCC(C)C)OCC(C)CC(C)(C)C. The highest BCUT2D eigenvalue weighted by Crippen LogP contribution is 2.25. The Morgan fingerprint density at radius 2 is 1.61 bits per heavy atom. The Hall–Kier alpha value is -0.123. The van der Waals surface area contributed by atoms with E-state index in [4.69, 9.17) is 8.85 Å². The molecule has 0 saturated carbocycles. The molecule has 0 fully saturated rings. The summed E-state index contributed by atoms with van der Waals surface area (Å²) in [7, 11) is -2.16. The van der Waals surface area contributed by atoms with Crippen LogP contribution in [0.3, 0.4) is 0 Å². The zero-order valence-electron chi connectivity index (χ0n) is 13.4. The lowest BCUT2D eigenvalue weighted by Gasteiger charge is -2.28.